The normalized spacial score (nSPS) is 12.4. The fraction of sp³-hybridized carbons (Fsp3) is 0.917. The minimum atomic E-state index is -0.444. The number of amides is 1. The number of nitrogens with one attached hydrogen (secondary N) is 1. The first-order valence-electron chi connectivity index (χ1n) is 5.79. The second-order valence-electron chi connectivity index (χ2n) is 5.57. The average Bonchev–Trinajstić information content (AvgIpc) is 1.99. The van der Waals surface area contributed by atoms with Crippen LogP contribution in [0, 0.1) is 0 Å². The lowest BCUT2D eigenvalue weighted by molar-refractivity contribution is 0.00520. The highest BCUT2D eigenvalue weighted by molar-refractivity contribution is 5.69. The van der Waals surface area contributed by atoms with E-state index in [0.29, 0.717) is 6.54 Å². The van der Waals surface area contributed by atoms with Gasteiger partial charge in [-0.1, -0.05) is 0 Å². The van der Waals surface area contributed by atoms with Crippen LogP contribution in [0.2, 0.25) is 0 Å². The molecule has 0 aliphatic rings. The van der Waals surface area contributed by atoms with Gasteiger partial charge < -0.3 is 15.0 Å². The molecule has 4 heteroatoms. The van der Waals surface area contributed by atoms with Crippen LogP contribution in [-0.2, 0) is 4.74 Å². The van der Waals surface area contributed by atoms with Gasteiger partial charge in [-0.05, 0) is 48.6 Å². The maximum absolute atomic E-state index is 12.0. The van der Waals surface area contributed by atoms with Crippen molar-refractivity contribution in [2.45, 2.75) is 52.7 Å². The summed E-state index contributed by atoms with van der Waals surface area (Å²) < 4.78 is 5.38. The molecule has 0 spiro atoms. The number of hydrogen-bond acceptors (Lipinski definition) is 3. The van der Waals surface area contributed by atoms with E-state index in [1.807, 2.05) is 48.6 Å². The molecule has 0 saturated carbocycles. The number of rotatable bonds is 4. The zero-order chi connectivity index (χ0) is 13.0. The molecule has 0 atom stereocenters. The second kappa shape index (κ2) is 5.53. The molecular formula is C12H26N2O2. The summed E-state index contributed by atoms with van der Waals surface area (Å²) in [6.07, 6.45) is -0.254. The third-order valence-electron chi connectivity index (χ3n) is 2.27. The third-order valence-corrected chi connectivity index (χ3v) is 2.27. The summed E-state index contributed by atoms with van der Waals surface area (Å²) >= 11 is 0. The van der Waals surface area contributed by atoms with Crippen molar-refractivity contribution in [3.8, 4) is 0 Å². The lowest BCUT2D eigenvalue weighted by atomic mass is 10.0. The molecule has 96 valence electrons. The van der Waals surface area contributed by atoms with Gasteiger partial charge in [0.25, 0.3) is 0 Å². The second-order valence-corrected chi connectivity index (χ2v) is 5.57. The molecule has 0 unspecified atom stereocenters. The monoisotopic (exact) mass is 230 g/mol. The summed E-state index contributed by atoms with van der Waals surface area (Å²) in [6.45, 7) is 13.0. The first-order chi connectivity index (χ1) is 7.14. The Morgan fingerprint density at radius 2 is 1.75 bits per heavy atom. The largest absolute Gasteiger partial charge is 0.444 e. The minimum Gasteiger partial charge on any atom is -0.444 e. The number of carbonyl (C=O) groups excluding carboxylic acids is 1. The van der Waals surface area contributed by atoms with Crippen molar-refractivity contribution < 1.29 is 9.53 Å². The standard InChI is InChI=1S/C12H26N2O2/c1-8-14(12(5,6)9-13-7)10(15)16-11(2,3)4/h13H,8-9H2,1-7H3. The van der Waals surface area contributed by atoms with Gasteiger partial charge in [-0.25, -0.2) is 4.79 Å². The molecule has 0 fully saturated rings. The molecule has 0 aliphatic carbocycles. The fourth-order valence-corrected chi connectivity index (χ4v) is 1.65. The van der Waals surface area contributed by atoms with Crippen molar-refractivity contribution in [3.05, 3.63) is 0 Å². The highest BCUT2D eigenvalue weighted by Gasteiger charge is 2.32. The van der Waals surface area contributed by atoms with Gasteiger partial charge in [-0.3, -0.25) is 0 Å². The molecular weight excluding hydrogens is 204 g/mol. The van der Waals surface area contributed by atoms with Crippen LogP contribution in [0.4, 0.5) is 4.79 Å². The van der Waals surface area contributed by atoms with E-state index in [2.05, 4.69) is 5.32 Å². The van der Waals surface area contributed by atoms with Crippen LogP contribution < -0.4 is 5.32 Å². The van der Waals surface area contributed by atoms with Crippen molar-refractivity contribution in [2.24, 2.45) is 0 Å². The number of nitrogens with zero attached hydrogens (tertiary/aromatic N) is 1. The zero-order valence-corrected chi connectivity index (χ0v) is 11.7. The SMILES string of the molecule is CCN(C(=O)OC(C)(C)C)C(C)(C)CNC. The van der Waals surface area contributed by atoms with Crippen LogP contribution in [0.1, 0.15) is 41.5 Å². The van der Waals surface area contributed by atoms with Gasteiger partial charge in [0.05, 0.1) is 5.54 Å². The van der Waals surface area contributed by atoms with Crippen molar-refractivity contribution in [2.75, 3.05) is 20.1 Å². The lowest BCUT2D eigenvalue weighted by Crippen LogP contribution is -2.54. The zero-order valence-electron chi connectivity index (χ0n) is 11.7. The first kappa shape index (κ1) is 15.2. The summed E-state index contributed by atoms with van der Waals surface area (Å²) in [7, 11) is 1.88. The Balaban J connectivity index is 4.67. The minimum absolute atomic E-state index is 0.244. The molecule has 0 aliphatic heterocycles. The summed E-state index contributed by atoms with van der Waals surface area (Å²) in [4.78, 5) is 13.7. The molecule has 0 rings (SSSR count). The molecule has 0 aromatic heterocycles. The van der Waals surface area contributed by atoms with Gasteiger partial charge in [0.2, 0.25) is 0 Å². The summed E-state index contributed by atoms with van der Waals surface area (Å²) in [5.74, 6) is 0. The molecule has 1 amide bonds. The van der Waals surface area contributed by atoms with E-state index in [-0.39, 0.29) is 11.6 Å². The van der Waals surface area contributed by atoms with Gasteiger partial charge in [0, 0.05) is 13.1 Å². The van der Waals surface area contributed by atoms with E-state index in [0.717, 1.165) is 6.54 Å². The van der Waals surface area contributed by atoms with Crippen molar-refractivity contribution in [3.63, 3.8) is 0 Å². The maximum Gasteiger partial charge on any atom is 0.410 e. The summed E-state index contributed by atoms with van der Waals surface area (Å²) in [5, 5.41) is 3.09. The molecule has 0 radical (unpaired) electrons. The predicted molar refractivity (Wildman–Crippen MR) is 66.6 cm³/mol. The molecule has 0 bridgehead atoms. The van der Waals surface area contributed by atoms with E-state index >= 15 is 0 Å². The molecule has 0 heterocycles. The molecule has 1 N–H and O–H groups in total. The molecule has 4 nitrogen and oxygen atoms in total. The van der Waals surface area contributed by atoms with Gasteiger partial charge in [-0.2, -0.15) is 0 Å². The smallest absolute Gasteiger partial charge is 0.410 e. The van der Waals surface area contributed by atoms with Gasteiger partial charge in [-0.15, -0.1) is 0 Å². The highest BCUT2D eigenvalue weighted by atomic mass is 16.6. The van der Waals surface area contributed by atoms with Crippen LogP contribution in [0.5, 0.6) is 0 Å². The summed E-state index contributed by atoms with van der Waals surface area (Å²) in [5.41, 5.74) is -0.688. The Bertz CT molecular complexity index is 232. The molecule has 0 saturated heterocycles. The van der Waals surface area contributed by atoms with E-state index in [1.54, 1.807) is 4.90 Å². The van der Waals surface area contributed by atoms with Crippen molar-refractivity contribution in [1.29, 1.82) is 0 Å². The van der Waals surface area contributed by atoms with E-state index in [9.17, 15) is 4.79 Å². The van der Waals surface area contributed by atoms with Crippen LogP contribution in [0.15, 0.2) is 0 Å². The molecule has 0 aromatic rings. The van der Waals surface area contributed by atoms with Crippen molar-refractivity contribution >= 4 is 6.09 Å². The van der Waals surface area contributed by atoms with Crippen molar-refractivity contribution in [1.82, 2.24) is 10.2 Å². The Morgan fingerprint density at radius 1 is 1.25 bits per heavy atom. The Hall–Kier alpha value is -0.770. The van der Waals surface area contributed by atoms with Gasteiger partial charge in [0.1, 0.15) is 5.60 Å². The third kappa shape index (κ3) is 4.84. The number of ether oxygens (including phenoxy) is 1. The quantitative estimate of drug-likeness (QED) is 0.805. The number of likely N-dealkylation sites (N-methyl/N-ethyl adjacent to an activating group) is 2. The number of carbonyl (C=O) groups is 1. The van der Waals surface area contributed by atoms with E-state index in [4.69, 9.17) is 4.74 Å². The topological polar surface area (TPSA) is 41.6 Å². The molecule has 0 aromatic carbocycles. The van der Waals surface area contributed by atoms with Crippen LogP contribution in [-0.4, -0.2) is 42.3 Å². The van der Waals surface area contributed by atoms with E-state index < -0.39 is 5.60 Å². The Kier molecular flexibility index (Phi) is 5.26. The summed E-state index contributed by atoms with van der Waals surface area (Å²) in [6, 6.07) is 0. The maximum atomic E-state index is 12.0. The fourth-order valence-electron chi connectivity index (χ4n) is 1.65. The van der Waals surface area contributed by atoms with Crippen LogP contribution in [0.3, 0.4) is 0 Å². The predicted octanol–water partition coefficient (Wildman–Crippen LogP) is 2.24. The van der Waals surface area contributed by atoms with Crippen LogP contribution in [0.25, 0.3) is 0 Å². The average molecular weight is 230 g/mol. The van der Waals surface area contributed by atoms with Gasteiger partial charge in [0.15, 0.2) is 0 Å². The van der Waals surface area contributed by atoms with E-state index in [1.165, 1.54) is 0 Å². The molecule has 16 heavy (non-hydrogen) atoms. The van der Waals surface area contributed by atoms with Gasteiger partial charge >= 0.3 is 6.09 Å². The Morgan fingerprint density at radius 3 is 2.06 bits per heavy atom. The Labute approximate surface area is 99.3 Å². The first-order valence-corrected chi connectivity index (χ1v) is 5.79. The highest BCUT2D eigenvalue weighted by Crippen LogP contribution is 2.18. The number of hydrogen-bond donors (Lipinski definition) is 1. The van der Waals surface area contributed by atoms with Crippen LogP contribution >= 0.6 is 0 Å². The lowest BCUT2D eigenvalue weighted by Gasteiger charge is -2.38.